The predicted molar refractivity (Wildman–Crippen MR) is 114 cm³/mol. The van der Waals surface area contributed by atoms with Gasteiger partial charge in [0.2, 0.25) is 0 Å². The van der Waals surface area contributed by atoms with Crippen LogP contribution in [-0.2, 0) is 6.61 Å². The summed E-state index contributed by atoms with van der Waals surface area (Å²) in [5, 5.41) is 19.4. The Morgan fingerprint density at radius 1 is 1.41 bits per heavy atom. The number of carbonyl (C=O) groups is 1. The van der Waals surface area contributed by atoms with E-state index in [9.17, 15) is 14.9 Å². The molecule has 1 aromatic carbocycles. The highest BCUT2D eigenvalue weighted by Crippen LogP contribution is 2.35. The Morgan fingerprint density at radius 2 is 2.21 bits per heavy atom. The zero-order chi connectivity index (χ0) is 19.2. The number of aromatic nitrogens is 1. The number of rotatable bonds is 7. The Hall–Kier alpha value is -2.14. The van der Waals surface area contributed by atoms with Gasteiger partial charge < -0.3 is 20.1 Å². The Bertz CT molecular complexity index is 816. The van der Waals surface area contributed by atoms with Gasteiger partial charge in [0.25, 0.3) is 11.6 Å². The number of nitro groups is 1. The molecule has 2 aromatic rings. The summed E-state index contributed by atoms with van der Waals surface area (Å²) in [5.41, 5.74) is 2.00. The van der Waals surface area contributed by atoms with E-state index in [1.165, 1.54) is 30.6 Å². The molecule has 0 spiro atoms. The summed E-state index contributed by atoms with van der Waals surface area (Å²) < 4.78 is 10.9. The maximum absolute atomic E-state index is 12.6. The van der Waals surface area contributed by atoms with Crippen molar-refractivity contribution in [2.75, 3.05) is 20.2 Å². The Labute approximate surface area is 184 Å². The average molecular weight is 465 g/mol. The van der Waals surface area contributed by atoms with E-state index in [2.05, 4.69) is 15.6 Å². The molecule has 2 N–H and O–H groups in total. The summed E-state index contributed by atoms with van der Waals surface area (Å²) >= 11 is 1.43. The average Bonchev–Trinajstić information content (AvgIpc) is 3.20. The van der Waals surface area contributed by atoms with Gasteiger partial charge in [0, 0.05) is 24.0 Å². The molecule has 1 aromatic heterocycles. The zero-order valence-corrected chi connectivity index (χ0v) is 18.0. The summed E-state index contributed by atoms with van der Waals surface area (Å²) in [6, 6.07) is 2.51. The molecule has 0 saturated carbocycles. The van der Waals surface area contributed by atoms with Gasteiger partial charge in [0.1, 0.15) is 12.2 Å². The molecule has 0 aliphatic carbocycles. The molecule has 1 fully saturated rings. The van der Waals surface area contributed by atoms with Crippen molar-refractivity contribution < 1.29 is 19.2 Å². The minimum Gasteiger partial charge on any atom is -0.493 e. The number of methoxy groups -OCH3 is 1. The first kappa shape index (κ1) is 24.9. The van der Waals surface area contributed by atoms with Crippen LogP contribution in [0.5, 0.6) is 11.5 Å². The van der Waals surface area contributed by atoms with Gasteiger partial charge in [0.15, 0.2) is 11.5 Å². The highest BCUT2D eigenvalue weighted by atomic mass is 35.5. The first-order valence-electron chi connectivity index (χ1n) is 8.46. The lowest BCUT2D eigenvalue weighted by molar-refractivity contribution is -0.385. The number of hydrogen-bond donors (Lipinski definition) is 2. The van der Waals surface area contributed by atoms with Crippen molar-refractivity contribution in [1.82, 2.24) is 15.6 Å². The number of benzene rings is 1. The van der Waals surface area contributed by atoms with Gasteiger partial charge in [-0.1, -0.05) is 0 Å². The van der Waals surface area contributed by atoms with Crippen LogP contribution in [0.1, 0.15) is 28.9 Å². The van der Waals surface area contributed by atoms with Gasteiger partial charge in [-0.25, -0.2) is 4.98 Å². The monoisotopic (exact) mass is 464 g/mol. The standard InChI is InChI=1S/C17H20N4O5S.2ClH/c1-25-15-5-13(17(22)20-11-3-2-4-18-7-11)14(21(23)24)6-16(15)26-8-12-9-27-10-19-12;;/h5-6,9-11,18H,2-4,7-8H2,1H3,(H,20,22);2*1H. The van der Waals surface area contributed by atoms with Crippen molar-refractivity contribution in [3.63, 3.8) is 0 Å². The molecule has 3 rings (SSSR count). The Balaban J connectivity index is 0.00000210. The topological polar surface area (TPSA) is 116 Å². The lowest BCUT2D eigenvalue weighted by Crippen LogP contribution is -2.45. The van der Waals surface area contributed by atoms with Crippen LogP contribution in [0.15, 0.2) is 23.0 Å². The number of amides is 1. The van der Waals surface area contributed by atoms with E-state index >= 15 is 0 Å². The largest absolute Gasteiger partial charge is 0.493 e. The zero-order valence-electron chi connectivity index (χ0n) is 15.6. The minimum absolute atomic E-state index is 0. The molecule has 160 valence electrons. The van der Waals surface area contributed by atoms with Crippen molar-refractivity contribution in [2.45, 2.75) is 25.5 Å². The molecule has 1 aliphatic heterocycles. The van der Waals surface area contributed by atoms with Gasteiger partial charge in [0.05, 0.1) is 29.3 Å². The molecule has 2 heterocycles. The Kier molecular flexibility index (Phi) is 10.1. The molecule has 9 nitrogen and oxygen atoms in total. The number of thiazole rings is 1. The van der Waals surface area contributed by atoms with E-state index in [-0.39, 0.29) is 60.2 Å². The third-order valence-electron chi connectivity index (χ3n) is 4.21. The van der Waals surface area contributed by atoms with Crippen molar-refractivity contribution in [2.24, 2.45) is 0 Å². The van der Waals surface area contributed by atoms with E-state index in [0.717, 1.165) is 19.4 Å². The number of nitrogens with zero attached hydrogens (tertiary/aromatic N) is 2. The molecule has 1 unspecified atom stereocenters. The lowest BCUT2D eigenvalue weighted by atomic mass is 10.1. The van der Waals surface area contributed by atoms with Crippen molar-refractivity contribution >= 4 is 47.7 Å². The molecule has 29 heavy (non-hydrogen) atoms. The fraction of sp³-hybridized carbons (Fsp3) is 0.412. The first-order chi connectivity index (χ1) is 13.1. The van der Waals surface area contributed by atoms with Gasteiger partial charge in [-0.2, -0.15) is 0 Å². The van der Waals surface area contributed by atoms with Crippen LogP contribution >= 0.6 is 36.2 Å². The quantitative estimate of drug-likeness (QED) is 0.477. The predicted octanol–water partition coefficient (Wildman–Crippen LogP) is 2.96. The molecule has 12 heteroatoms. The lowest BCUT2D eigenvalue weighted by Gasteiger charge is -2.23. The molecule has 1 saturated heterocycles. The number of carbonyl (C=O) groups excluding carboxylic acids is 1. The number of ether oxygens (including phenoxy) is 2. The van der Waals surface area contributed by atoms with Crippen molar-refractivity contribution in [1.29, 1.82) is 0 Å². The van der Waals surface area contributed by atoms with Gasteiger partial charge in [-0.3, -0.25) is 14.9 Å². The van der Waals surface area contributed by atoms with Crippen LogP contribution in [0, 0.1) is 10.1 Å². The fourth-order valence-electron chi connectivity index (χ4n) is 2.85. The third-order valence-corrected chi connectivity index (χ3v) is 4.85. The first-order valence-corrected chi connectivity index (χ1v) is 9.40. The van der Waals surface area contributed by atoms with E-state index in [1.807, 2.05) is 5.38 Å². The van der Waals surface area contributed by atoms with Crippen LogP contribution in [0.25, 0.3) is 0 Å². The van der Waals surface area contributed by atoms with Crippen LogP contribution in [0.4, 0.5) is 5.69 Å². The molecule has 1 amide bonds. The normalized spacial score (nSPS) is 15.4. The second-order valence-electron chi connectivity index (χ2n) is 6.06. The minimum atomic E-state index is -0.594. The molecule has 0 radical (unpaired) electrons. The number of nitrogens with one attached hydrogen (secondary N) is 2. The highest BCUT2D eigenvalue weighted by Gasteiger charge is 2.26. The van der Waals surface area contributed by atoms with Crippen molar-refractivity contribution in [3.8, 4) is 11.5 Å². The number of halogens is 2. The van der Waals surface area contributed by atoms with Gasteiger partial charge >= 0.3 is 0 Å². The van der Waals surface area contributed by atoms with Crippen LogP contribution < -0.4 is 20.1 Å². The number of nitro benzene ring substituents is 1. The highest BCUT2D eigenvalue weighted by molar-refractivity contribution is 7.07. The summed E-state index contributed by atoms with van der Waals surface area (Å²) in [6.07, 6.45) is 1.78. The van der Waals surface area contributed by atoms with Crippen LogP contribution in [0.3, 0.4) is 0 Å². The number of piperidine rings is 1. The van der Waals surface area contributed by atoms with Crippen LogP contribution in [0.2, 0.25) is 0 Å². The van der Waals surface area contributed by atoms with E-state index in [0.29, 0.717) is 12.2 Å². The summed E-state index contributed by atoms with van der Waals surface area (Å²) in [5.74, 6) is -0.0596. The molecule has 1 aliphatic rings. The molecule has 0 bridgehead atoms. The Morgan fingerprint density at radius 3 is 2.79 bits per heavy atom. The fourth-order valence-corrected chi connectivity index (χ4v) is 3.40. The van der Waals surface area contributed by atoms with Crippen molar-refractivity contribution in [3.05, 3.63) is 44.4 Å². The maximum atomic E-state index is 12.6. The van der Waals surface area contributed by atoms with Crippen LogP contribution in [-0.4, -0.2) is 42.1 Å². The second kappa shape index (κ2) is 11.8. The number of hydrogen-bond acceptors (Lipinski definition) is 8. The van der Waals surface area contributed by atoms with E-state index < -0.39 is 10.8 Å². The summed E-state index contributed by atoms with van der Waals surface area (Å²) in [4.78, 5) is 27.6. The molecular weight excluding hydrogens is 443 g/mol. The summed E-state index contributed by atoms with van der Waals surface area (Å²) in [7, 11) is 1.42. The van der Waals surface area contributed by atoms with E-state index in [1.54, 1.807) is 5.51 Å². The van der Waals surface area contributed by atoms with Gasteiger partial charge in [-0.05, 0) is 19.4 Å². The summed E-state index contributed by atoms with van der Waals surface area (Å²) in [6.45, 7) is 1.70. The second-order valence-corrected chi connectivity index (χ2v) is 6.78. The smallest absolute Gasteiger partial charge is 0.286 e. The third kappa shape index (κ3) is 6.43. The van der Waals surface area contributed by atoms with Gasteiger partial charge in [-0.15, -0.1) is 36.2 Å². The SMILES string of the molecule is COc1cc(C(=O)NC2CCCNC2)c([N+](=O)[O-])cc1OCc1cscn1.Cl.Cl. The molecular formula is C17H22Cl2N4O5S. The molecule has 1 atom stereocenters. The maximum Gasteiger partial charge on any atom is 0.286 e. The van der Waals surface area contributed by atoms with E-state index in [4.69, 9.17) is 9.47 Å².